The number of carbonyl (C=O) groups excluding carboxylic acids is 1. The largest absolute Gasteiger partial charge is 0.287 e. The van der Waals surface area contributed by atoms with Gasteiger partial charge >= 0.3 is 0 Å². The van der Waals surface area contributed by atoms with E-state index in [0.717, 1.165) is 10.6 Å². The Labute approximate surface area is 110 Å². The van der Waals surface area contributed by atoms with Crippen molar-refractivity contribution in [2.75, 3.05) is 11.4 Å². The van der Waals surface area contributed by atoms with Gasteiger partial charge in [-0.1, -0.05) is 18.3 Å². The molecule has 0 atom stereocenters. The minimum atomic E-state index is 0.0647. The van der Waals surface area contributed by atoms with Gasteiger partial charge in [-0.2, -0.15) is 0 Å². The predicted molar refractivity (Wildman–Crippen MR) is 71.5 cm³/mol. The van der Waals surface area contributed by atoms with E-state index in [1.54, 1.807) is 17.3 Å². The van der Waals surface area contributed by atoms with Crippen LogP contribution in [0, 0.1) is 0 Å². The van der Waals surface area contributed by atoms with Gasteiger partial charge in [0.05, 0.1) is 0 Å². The molecule has 2 aromatic heterocycles. The van der Waals surface area contributed by atoms with E-state index in [9.17, 15) is 4.79 Å². The fourth-order valence-electron chi connectivity index (χ4n) is 1.54. The van der Waals surface area contributed by atoms with Crippen LogP contribution in [0.25, 0.3) is 10.6 Å². The molecule has 0 unspecified atom stereocenters. The monoisotopic (exact) mass is 262 g/mol. The van der Waals surface area contributed by atoms with Gasteiger partial charge in [-0.3, -0.25) is 14.7 Å². The summed E-state index contributed by atoms with van der Waals surface area (Å²) in [5, 5.41) is 9.65. The lowest BCUT2D eigenvalue weighted by atomic mass is 10.3. The SMILES string of the molecule is CCC(=O)N(CC)c1nnc(-c2ccncc2)s1. The first-order chi connectivity index (χ1) is 8.76. The number of amides is 1. The molecule has 0 fully saturated rings. The van der Waals surface area contributed by atoms with Crippen LogP contribution in [0.3, 0.4) is 0 Å². The molecular weight excluding hydrogens is 248 g/mol. The number of anilines is 1. The molecule has 0 bridgehead atoms. The van der Waals surface area contributed by atoms with Gasteiger partial charge in [0.15, 0.2) is 0 Å². The minimum absolute atomic E-state index is 0.0647. The van der Waals surface area contributed by atoms with E-state index >= 15 is 0 Å². The number of hydrogen-bond donors (Lipinski definition) is 0. The van der Waals surface area contributed by atoms with Crippen LogP contribution in [0.2, 0.25) is 0 Å². The Morgan fingerprint density at radius 2 is 2.00 bits per heavy atom. The van der Waals surface area contributed by atoms with Gasteiger partial charge < -0.3 is 0 Å². The molecule has 0 aliphatic carbocycles. The maximum absolute atomic E-state index is 11.7. The number of hydrogen-bond acceptors (Lipinski definition) is 5. The number of carbonyl (C=O) groups is 1. The summed E-state index contributed by atoms with van der Waals surface area (Å²) in [6.45, 7) is 4.38. The lowest BCUT2D eigenvalue weighted by molar-refractivity contribution is -0.118. The first-order valence-corrected chi connectivity index (χ1v) is 6.62. The van der Waals surface area contributed by atoms with Crippen LogP contribution >= 0.6 is 11.3 Å². The molecular formula is C12H14N4OS. The molecule has 0 radical (unpaired) electrons. The summed E-state index contributed by atoms with van der Waals surface area (Å²) in [5.74, 6) is 0.0647. The standard InChI is InChI=1S/C12H14N4OS/c1-3-10(17)16(4-2)12-15-14-11(18-12)9-5-7-13-8-6-9/h5-8H,3-4H2,1-2H3. The highest BCUT2D eigenvalue weighted by Gasteiger charge is 2.17. The van der Waals surface area contributed by atoms with E-state index in [-0.39, 0.29) is 5.91 Å². The zero-order valence-electron chi connectivity index (χ0n) is 10.3. The molecule has 94 valence electrons. The van der Waals surface area contributed by atoms with Gasteiger partial charge in [-0.05, 0) is 19.1 Å². The maximum Gasteiger partial charge on any atom is 0.228 e. The van der Waals surface area contributed by atoms with Crippen LogP contribution in [0.1, 0.15) is 20.3 Å². The van der Waals surface area contributed by atoms with Crippen LogP contribution in [0.15, 0.2) is 24.5 Å². The van der Waals surface area contributed by atoms with Crippen molar-refractivity contribution in [2.24, 2.45) is 0 Å². The quantitative estimate of drug-likeness (QED) is 0.848. The number of aromatic nitrogens is 3. The second-order valence-corrected chi connectivity index (χ2v) is 4.57. The molecule has 6 heteroatoms. The lowest BCUT2D eigenvalue weighted by Gasteiger charge is -2.15. The highest BCUT2D eigenvalue weighted by Crippen LogP contribution is 2.28. The summed E-state index contributed by atoms with van der Waals surface area (Å²) in [7, 11) is 0. The van der Waals surface area contributed by atoms with Crippen molar-refractivity contribution in [3.8, 4) is 10.6 Å². The third-order valence-electron chi connectivity index (χ3n) is 2.49. The zero-order valence-corrected chi connectivity index (χ0v) is 11.1. The molecule has 1 amide bonds. The molecule has 0 N–H and O–H groups in total. The van der Waals surface area contributed by atoms with Crippen LogP contribution < -0.4 is 4.90 Å². The van der Waals surface area contributed by atoms with Gasteiger partial charge in [0, 0.05) is 30.9 Å². The second kappa shape index (κ2) is 5.68. The normalized spacial score (nSPS) is 10.3. The Bertz CT molecular complexity index is 526. The first kappa shape index (κ1) is 12.6. The third kappa shape index (κ3) is 2.53. The van der Waals surface area contributed by atoms with Crippen molar-refractivity contribution >= 4 is 22.4 Å². The highest BCUT2D eigenvalue weighted by atomic mass is 32.1. The van der Waals surface area contributed by atoms with Gasteiger partial charge in [0.2, 0.25) is 11.0 Å². The van der Waals surface area contributed by atoms with Gasteiger partial charge in [0.1, 0.15) is 5.01 Å². The van der Waals surface area contributed by atoms with Crippen LogP contribution in [0.5, 0.6) is 0 Å². The Morgan fingerprint density at radius 3 is 2.61 bits per heavy atom. The average molecular weight is 262 g/mol. The molecule has 18 heavy (non-hydrogen) atoms. The summed E-state index contributed by atoms with van der Waals surface area (Å²) in [6.07, 6.45) is 3.90. The zero-order chi connectivity index (χ0) is 13.0. The summed E-state index contributed by atoms with van der Waals surface area (Å²) in [4.78, 5) is 17.4. The highest BCUT2D eigenvalue weighted by molar-refractivity contribution is 7.18. The van der Waals surface area contributed by atoms with E-state index in [1.165, 1.54) is 11.3 Å². The molecule has 0 aromatic carbocycles. The van der Waals surface area contributed by atoms with Crippen molar-refractivity contribution in [1.82, 2.24) is 15.2 Å². The van der Waals surface area contributed by atoms with Crippen molar-refractivity contribution in [2.45, 2.75) is 20.3 Å². The Kier molecular flexibility index (Phi) is 3.99. The average Bonchev–Trinajstić information content (AvgIpc) is 2.90. The van der Waals surface area contributed by atoms with Gasteiger partial charge in [-0.15, -0.1) is 10.2 Å². The third-order valence-corrected chi connectivity index (χ3v) is 3.49. The van der Waals surface area contributed by atoms with E-state index in [0.29, 0.717) is 18.1 Å². The van der Waals surface area contributed by atoms with Crippen molar-refractivity contribution in [3.63, 3.8) is 0 Å². The molecule has 5 nitrogen and oxygen atoms in total. The topological polar surface area (TPSA) is 59.0 Å². The van der Waals surface area contributed by atoms with E-state index < -0.39 is 0 Å². The Morgan fingerprint density at radius 1 is 1.28 bits per heavy atom. The summed E-state index contributed by atoms with van der Waals surface area (Å²) in [5.41, 5.74) is 0.966. The fourth-order valence-corrected chi connectivity index (χ4v) is 2.48. The summed E-state index contributed by atoms with van der Waals surface area (Å²) >= 11 is 1.42. The molecule has 0 saturated heterocycles. The number of nitrogens with zero attached hydrogens (tertiary/aromatic N) is 4. The molecule has 2 aromatic rings. The van der Waals surface area contributed by atoms with Gasteiger partial charge in [0.25, 0.3) is 0 Å². The summed E-state index contributed by atoms with van der Waals surface area (Å²) in [6, 6.07) is 3.75. The molecule has 0 spiro atoms. The minimum Gasteiger partial charge on any atom is -0.287 e. The fraction of sp³-hybridized carbons (Fsp3) is 0.333. The Hall–Kier alpha value is -1.82. The number of pyridine rings is 1. The number of rotatable bonds is 4. The van der Waals surface area contributed by atoms with Crippen molar-refractivity contribution in [3.05, 3.63) is 24.5 Å². The summed E-state index contributed by atoms with van der Waals surface area (Å²) < 4.78 is 0. The Balaban J connectivity index is 2.27. The molecule has 0 aliphatic rings. The maximum atomic E-state index is 11.7. The van der Waals surface area contributed by atoms with Gasteiger partial charge in [-0.25, -0.2) is 0 Å². The van der Waals surface area contributed by atoms with E-state index in [4.69, 9.17) is 0 Å². The van der Waals surface area contributed by atoms with Crippen LogP contribution in [-0.4, -0.2) is 27.6 Å². The first-order valence-electron chi connectivity index (χ1n) is 5.80. The van der Waals surface area contributed by atoms with E-state index in [1.807, 2.05) is 26.0 Å². The molecule has 0 saturated carbocycles. The van der Waals surface area contributed by atoms with E-state index in [2.05, 4.69) is 15.2 Å². The second-order valence-electron chi connectivity index (χ2n) is 3.62. The van der Waals surface area contributed by atoms with Crippen LogP contribution in [-0.2, 0) is 4.79 Å². The lowest BCUT2D eigenvalue weighted by Crippen LogP contribution is -2.29. The van der Waals surface area contributed by atoms with Crippen molar-refractivity contribution < 1.29 is 4.79 Å². The smallest absolute Gasteiger partial charge is 0.228 e. The van der Waals surface area contributed by atoms with Crippen molar-refractivity contribution in [1.29, 1.82) is 0 Å². The van der Waals surface area contributed by atoms with Crippen LogP contribution in [0.4, 0.5) is 5.13 Å². The molecule has 2 heterocycles. The predicted octanol–water partition coefficient (Wildman–Crippen LogP) is 2.36. The molecule has 2 rings (SSSR count). The molecule has 0 aliphatic heterocycles.